The third-order valence-corrected chi connectivity index (χ3v) is 2.47. The molecule has 0 unspecified atom stereocenters. The van der Waals surface area contributed by atoms with Crippen LogP contribution < -0.4 is 14.9 Å². The molecule has 0 amide bonds. The van der Waals surface area contributed by atoms with Crippen LogP contribution in [-0.4, -0.2) is 34.2 Å². The SMILES string of the molecule is COc1ccc(OCc2ncccn2)c(B(O)O)c1. The van der Waals surface area contributed by atoms with Crippen LogP contribution in [0.1, 0.15) is 5.82 Å². The topological polar surface area (TPSA) is 84.7 Å². The van der Waals surface area contributed by atoms with E-state index in [9.17, 15) is 10.0 Å². The van der Waals surface area contributed by atoms with Gasteiger partial charge in [-0.05, 0) is 24.3 Å². The summed E-state index contributed by atoms with van der Waals surface area (Å²) < 4.78 is 10.5. The molecule has 98 valence electrons. The fourth-order valence-corrected chi connectivity index (χ4v) is 1.53. The summed E-state index contributed by atoms with van der Waals surface area (Å²) in [4.78, 5) is 8.03. The van der Waals surface area contributed by atoms with Crippen LogP contribution in [-0.2, 0) is 6.61 Å². The van der Waals surface area contributed by atoms with Crippen LogP contribution in [0.2, 0.25) is 0 Å². The van der Waals surface area contributed by atoms with Gasteiger partial charge >= 0.3 is 7.12 Å². The summed E-state index contributed by atoms with van der Waals surface area (Å²) in [5, 5.41) is 18.6. The molecule has 0 aliphatic carbocycles. The van der Waals surface area contributed by atoms with Gasteiger partial charge in [-0.25, -0.2) is 9.97 Å². The summed E-state index contributed by atoms with van der Waals surface area (Å²) in [6, 6.07) is 6.50. The minimum atomic E-state index is -1.64. The molecule has 2 aromatic rings. The van der Waals surface area contributed by atoms with Crippen LogP contribution in [0.4, 0.5) is 0 Å². The van der Waals surface area contributed by atoms with E-state index in [4.69, 9.17) is 9.47 Å². The van der Waals surface area contributed by atoms with Crippen LogP contribution in [0.5, 0.6) is 11.5 Å². The Hall–Kier alpha value is -2.12. The van der Waals surface area contributed by atoms with Crippen molar-refractivity contribution in [1.82, 2.24) is 9.97 Å². The highest BCUT2D eigenvalue weighted by Gasteiger charge is 2.18. The molecule has 0 saturated carbocycles. The van der Waals surface area contributed by atoms with Gasteiger partial charge < -0.3 is 19.5 Å². The number of rotatable bonds is 5. The highest BCUT2D eigenvalue weighted by molar-refractivity contribution is 6.59. The summed E-state index contributed by atoms with van der Waals surface area (Å²) in [7, 11) is -0.136. The number of hydrogen-bond donors (Lipinski definition) is 2. The molecule has 6 nitrogen and oxygen atoms in total. The highest BCUT2D eigenvalue weighted by atomic mass is 16.5. The lowest BCUT2D eigenvalue weighted by molar-refractivity contribution is 0.295. The molecule has 0 fully saturated rings. The first-order chi connectivity index (χ1) is 9.20. The maximum Gasteiger partial charge on any atom is 0.492 e. The minimum Gasteiger partial charge on any atom is -0.497 e. The van der Waals surface area contributed by atoms with Gasteiger partial charge in [-0.3, -0.25) is 0 Å². The Morgan fingerprint density at radius 1 is 1.21 bits per heavy atom. The fraction of sp³-hybridized carbons (Fsp3) is 0.167. The number of ether oxygens (including phenoxy) is 2. The zero-order valence-corrected chi connectivity index (χ0v) is 10.4. The van der Waals surface area contributed by atoms with E-state index in [1.54, 1.807) is 30.6 Å². The fourth-order valence-electron chi connectivity index (χ4n) is 1.53. The summed E-state index contributed by atoms with van der Waals surface area (Å²) >= 11 is 0. The number of methoxy groups -OCH3 is 1. The average molecular weight is 260 g/mol. The quantitative estimate of drug-likeness (QED) is 0.721. The molecule has 1 aromatic carbocycles. The van der Waals surface area contributed by atoms with Gasteiger partial charge in [0.25, 0.3) is 0 Å². The molecule has 0 bridgehead atoms. The number of aromatic nitrogens is 2. The van der Waals surface area contributed by atoms with Crippen molar-refractivity contribution < 1.29 is 19.5 Å². The lowest BCUT2D eigenvalue weighted by atomic mass is 9.79. The number of hydrogen-bond acceptors (Lipinski definition) is 6. The molecule has 0 radical (unpaired) electrons. The van der Waals surface area contributed by atoms with E-state index in [-0.39, 0.29) is 12.1 Å². The minimum absolute atomic E-state index is 0.146. The molecule has 0 aliphatic rings. The lowest BCUT2D eigenvalue weighted by Crippen LogP contribution is -2.31. The van der Waals surface area contributed by atoms with Gasteiger partial charge in [-0.15, -0.1) is 0 Å². The van der Waals surface area contributed by atoms with Gasteiger partial charge in [0.2, 0.25) is 0 Å². The van der Waals surface area contributed by atoms with E-state index in [0.29, 0.717) is 17.3 Å². The second kappa shape index (κ2) is 6.17. The summed E-state index contributed by atoms with van der Waals surface area (Å²) in [6.07, 6.45) is 3.23. The highest BCUT2D eigenvalue weighted by Crippen LogP contribution is 2.16. The summed E-state index contributed by atoms with van der Waals surface area (Å²) in [6.45, 7) is 0.146. The smallest absolute Gasteiger partial charge is 0.492 e. The van der Waals surface area contributed by atoms with Crippen molar-refractivity contribution in [3.8, 4) is 11.5 Å². The van der Waals surface area contributed by atoms with Crippen LogP contribution in [0, 0.1) is 0 Å². The first kappa shape index (κ1) is 13.3. The Labute approximate surface area is 110 Å². The molecular weight excluding hydrogens is 247 g/mol. The van der Waals surface area contributed by atoms with E-state index in [1.807, 2.05) is 0 Å². The molecule has 2 N–H and O–H groups in total. The van der Waals surface area contributed by atoms with Gasteiger partial charge in [0.15, 0.2) is 5.82 Å². The zero-order valence-electron chi connectivity index (χ0n) is 10.4. The molecule has 0 atom stereocenters. The van der Waals surface area contributed by atoms with Crippen molar-refractivity contribution in [3.63, 3.8) is 0 Å². The molecule has 0 spiro atoms. The maximum atomic E-state index is 9.31. The molecular formula is C12H13BN2O4. The summed E-state index contributed by atoms with van der Waals surface area (Å²) in [5.41, 5.74) is 0.232. The average Bonchev–Trinajstić information content (AvgIpc) is 2.46. The van der Waals surface area contributed by atoms with Crippen LogP contribution in [0.15, 0.2) is 36.7 Å². The van der Waals surface area contributed by atoms with Crippen molar-refractivity contribution in [2.24, 2.45) is 0 Å². The maximum absolute atomic E-state index is 9.31. The summed E-state index contributed by atoms with van der Waals surface area (Å²) in [5.74, 6) is 1.38. The van der Waals surface area contributed by atoms with Crippen molar-refractivity contribution >= 4 is 12.6 Å². The molecule has 0 saturated heterocycles. The molecule has 2 rings (SSSR count). The van der Waals surface area contributed by atoms with Crippen molar-refractivity contribution in [1.29, 1.82) is 0 Å². The third-order valence-electron chi connectivity index (χ3n) is 2.47. The molecule has 0 aliphatic heterocycles. The Morgan fingerprint density at radius 2 is 1.95 bits per heavy atom. The van der Waals surface area contributed by atoms with Gasteiger partial charge in [-0.1, -0.05) is 0 Å². The Morgan fingerprint density at radius 3 is 2.58 bits per heavy atom. The molecule has 7 heteroatoms. The van der Waals surface area contributed by atoms with Gasteiger partial charge in [-0.2, -0.15) is 0 Å². The molecule has 19 heavy (non-hydrogen) atoms. The molecule has 1 heterocycles. The zero-order chi connectivity index (χ0) is 13.7. The van der Waals surface area contributed by atoms with Crippen molar-refractivity contribution in [3.05, 3.63) is 42.5 Å². The Balaban J connectivity index is 2.15. The largest absolute Gasteiger partial charge is 0.497 e. The first-order valence-corrected chi connectivity index (χ1v) is 5.63. The van der Waals surface area contributed by atoms with E-state index in [0.717, 1.165) is 0 Å². The van der Waals surface area contributed by atoms with E-state index < -0.39 is 7.12 Å². The van der Waals surface area contributed by atoms with Gasteiger partial charge in [0.1, 0.15) is 18.1 Å². The van der Waals surface area contributed by atoms with Crippen molar-refractivity contribution in [2.45, 2.75) is 6.61 Å². The van der Waals surface area contributed by atoms with Crippen LogP contribution in [0.25, 0.3) is 0 Å². The normalized spacial score (nSPS) is 10.1. The van der Waals surface area contributed by atoms with E-state index >= 15 is 0 Å². The lowest BCUT2D eigenvalue weighted by Gasteiger charge is -2.11. The van der Waals surface area contributed by atoms with E-state index in [2.05, 4.69) is 9.97 Å². The predicted molar refractivity (Wildman–Crippen MR) is 69.2 cm³/mol. The third kappa shape index (κ3) is 3.43. The first-order valence-electron chi connectivity index (χ1n) is 5.63. The Bertz CT molecular complexity index is 537. The standard InChI is InChI=1S/C12H13BN2O4/c1-18-9-3-4-11(10(7-9)13(16)17)19-8-12-14-5-2-6-15-12/h2-7,16-17H,8H2,1H3. The molecule has 1 aromatic heterocycles. The number of nitrogens with zero attached hydrogens (tertiary/aromatic N) is 2. The van der Waals surface area contributed by atoms with Gasteiger partial charge in [0.05, 0.1) is 7.11 Å². The second-order valence-corrected chi connectivity index (χ2v) is 3.73. The van der Waals surface area contributed by atoms with Crippen LogP contribution in [0.3, 0.4) is 0 Å². The van der Waals surface area contributed by atoms with Crippen LogP contribution >= 0.6 is 0 Å². The predicted octanol–water partition coefficient (Wildman–Crippen LogP) is -0.256. The van der Waals surface area contributed by atoms with Crippen molar-refractivity contribution in [2.75, 3.05) is 7.11 Å². The number of benzene rings is 1. The van der Waals surface area contributed by atoms with Gasteiger partial charge in [0, 0.05) is 17.9 Å². The monoisotopic (exact) mass is 260 g/mol. The second-order valence-electron chi connectivity index (χ2n) is 3.73. The van der Waals surface area contributed by atoms with E-state index in [1.165, 1.54) is 13.2 Å². The Kier molecular flexibility index (Phi) is 4.32.